The number of rotatable bonds is 2. The summed E-state index contributed by atoms with van der Waals surface area (Å²) >= 11 is 0. The largest absolute Gasteiger partial charge is 0.399 e. The molecular weight excluding hydrogens is 214 g/mol. The molecule has 0 saturated carbocycles. The fourth-order valence-electron chi connectivity index (χ4n) is 2.74. The van der Waals surface area contributed by atoms with Crippen molar-refractivity contribution in [1.82, 2.24) is 5.32 Å². The van der Waals surface area contributed by atoms with Gasteiger partial charge in [0.2, 0.25) is 5.91 Å². The summed E-state index contributed by atoms with van der Waals surface area (Å²) in [5.74, 6) is 0.194. The first kappa shape index (κ1) is 10.6. The second kappa shape index (κ2) is 4.04. The minimum atomic E-state index is 0.194. The van der Waals surface area contributed by atoms with Crippen LogP contribution >= 0.6 is 0 Å². The minimum absolute atomic E-state index is 0.194. The number of benzene rings is 1. The molecule has 1 aromatic rings. The highest BCUT2D eigenvalue weighted by Crippen LogP contribution is 2.30. The second-order valence-corrected chi connectivity index (χ2v) is 4.86. The van der Waals surface area contributed by atoms with E-state index in [0.717, 1.165) is 36.4 Å². The van der Waals surface area contributed by atoms with E-state index in [-0.39, 0.29) is 5.91 Å². The molecule has 2 aliphatic rings. The van der Waals surface area contributed by atoms with Crippen molar-refractivity contribution in [3.63, 3.8) is 0 Å². The van der Waals surface area contributed by atoms with Gasteiger partial charge < -0.3 is 16.0 Å². The SMILES string of the molecule is Nc1ccc2c(c1)CC(=O)N2CC1CCCN1. The van der Waals surface area contributed by atoms with E-state index in [0.29, 0.717) is 12.5 Å². The van der Waals surface area contributed by atoms with Gasteiger partial charge in [0.25, 0.3) is 0 Å². The van der Waals surface area contributed by atoms with Gasteiger partial charge in [0.15, 0.2) is 0 Å². The molecule has 1 unspecified atom stereocenters. The van der Waals surface area contributed by atoms with Gasteiger partial charge in [-0.05, 0) is 43.1 Å². The lowest BCUT2D eigenvalue weighted by atomic mass is 10.1. The summed E-state index contributed by atoms with van der Waals surface area (Å²) in [4.78, 5) is 13.9. The summed E-state index contributed by atoms with van der Waals surface area (Å²) in [6.45, 7) is 1.86. The molecule has 1 saturated heterocycles. The predicted molar refractivity (Wildman–Crippen MR) is 67.9 cm³/mol. The fraction of sp³-hybridized carbons (Fsp3) is 0.462. The van der Waals surface area contributed by atoms with Gasteiger partial charge in [-0.2, -0.15) is 0 Å². The number of anilines is 2. The molecular formula is C13H17N3O. The summed E-state index contributed by atoms with van der Waals surface area (Å²) in [5, 5.41) is 3.43. The van der Waals surface area contributed by atoms with Crippen LogP contribution in [0.3, 0.4) is 0 Å². The van der Waals surface area contributed by atoms with E-state index in [1.807, 2.05) is 23.1 Å². The van der Waals surface area contributed by atoms with Crippen molar-refractivity contribution in [2.45, 2.75) is 25.3 Å². The predicted octanol–water partition coefficient (Wildman–Crippen LogP) is 0.910. The van der Waals surface area contributed by atoms with Crippen molar-refractivity contribution in [2.75, 3.05) is 23.7 Å². The van der Waals surface area contributed by atoms with E-state index in [1.165, 1.54) is 6.42 Å². The molecule has 1 aromatic carbocycles. The third kappa shape index (κ3) is 1.89. The Morgan fingerprint density at radius 2 is 2.35 bits per heavy atom. The number of nitrogens with zero attached hydrogens (tertiary/aromatic N) is 1. The average molecular weight is 231 g/mol. The van der Waals surface area contributed by atoms with Crippen molar-refractivity contribution < 1.29 is 4.79 Å². The number of fused-ring (bicyclic) bond motifs is 1. The lowest BCUT2D eigenvalue weighted by molar-refractivity contribution is -0.117. The molecule has 4 nitrogen and oxygen atoms in total. The van der Waals surface area contributed by atoms with Crippen molar-refractivity contribution in [2.24, 2.45) is 0 Å². The Morgan fingerprint density at radius 1 is 1.47 bits per heavy atom. The molecule has 90 valence electrons. The number of carbonyl (C=O) groups is 1. The highest BCUT2D eigenvalue weighted by atomic mass is 16.2. The highest BCUT2D eigenvalue weighted by molar-refractivity contribution is 6.01. The van der Waals surface area contributed by atoms with Crippen LogP contribution in [0, 0.1) is 0 Å². The van der Waals surface area contributed by atoms with Gasteiger partial charge in [-0.15, -0.1) is 0 Å². The van der Waals surface area contributed by atoms with Crippen molar-refractivity contribution in [3.8, 4) is 0 Å². The monoisotopic (exact) mass is 231 g/mol. The van der Waals surface area contributed by atoms with Gasteiger partial charge in [0.05, 0.1) is 6.42 Å². The van der Waals surface area contributed by atoms with Crippen molar-refractivity contribution in [3.05, 3.63) is 23.8 Å². The van der Waals surface area contributed by atoms with E-state index in [2.05, 4.69) is 5.32 Å². The Kier molecular flexibility index (Phi) is 2.52. The number of carbonyl (C=O) groups excluding carboxylic acids is 1. The topological polar surface area (TPSA) is 58.4 Å². The van der Waals surface area contributed by atoms with Gasteiger partial charge in [0.1, 0.15) is 0 Å². The van der Waals surface area contributed by atoms with Gasteiger partial charge in [-0.3, -0.25) is 4.79 Å². The van der Waals surface area contributed by atoms with Crippen LogP contribution in [-0.4, -0.2) is 25.0 Å². The molecule has 3 N–H and O–H groups in total. The maximum atomic E-state index is 12.0. The zero-order valence-corrected chi connectivity index (χ0v) is 9.78. The lowest BCUT2D eigenvalue weighted by Gasteiger charge is -2.21. The summed E-state index contributed by atoms with van der Waals surface area (Å²) in [6, 6.07) is 6.19. The number of nitrogens with two attached hydrogens (primary N) is 1. The summed E-state index contributed by atoms with van der Waals surface area (Å²) in [5.41, 5.74) is 8.58. The third-order valence-corrected chi connectivity index (χ3v) is 3.60. The van der Waals surface area contributed by atoms with E-state index in [9.17, 15) is 4.79 Å². The quantitative estimate of drug-likeness (QED) is 0.744. The van der Waals surface area contributed by atoms with Crippen molar-refractivity contribution in [1.29, 1.82) is 0 Å². The molecule has 17 heavy (non-hydrogen) atoms. The molecule has 0 aliphatic carbocycles. The van der Waals surface area contributed by atoms with E-state index < -0.39 is 0 Å². The smallest absolute Gasteiger partial charge is 0.231 e. The minimum Gasteiger partial charge on any atom is -0.399 e. The standard InChI is InChI=1S/C13H17N3O/c14-10-3-4-12-9(6-10)7-13(17)16(12)8-11-2-1-5-15-11/h3-4,6,11,15H,1-2,5,7-8,14H2. The van der Waals surface area contributed by atoms with Crippen LogP contribution in [0.15, 0.2) is 18.2 Å². The maximum Gasteiger partial charge on any atom is 0.231 e. The number of nitrogen functional groups attached to an aromatic ring is 1. The fourth-order valence-corrected chi connectivity index (χ4v) is 2.74. The van der Waals surface area contributed by atoms with Gasteiger partial charge in [0, 0.05) is 24.0 Å². The Labute approximate surface area is 101 Å². The molecule has 3 rings (SSSR count). The van der Waals surface area contributed by atoms with Crippen LogP contribution in [0.2, 0.25) is 0 Å². The molecule has 2 aliphatic heterocycles. The normalized spacial score (nSPS) is 23.2. The highest BCUT2D eigenvalue weighted by Gasteiger charge is 2.29. The van der Waals surface area contributed by atoms with Crippen LogP contribution in [0.4, 0.5) is 11.4 Å². The first-order valence-electron chi connectivity index (χ1n) is 6.16. The van der Waals surface area contributed by atoms with Crippen LogP contribution in [0.1, 0.15) is 18.4 Å². The average Bonchev–Trinajstić information content (AvgIpc) is 2.88. The molecule has 0 radical (unpaired) electrons. The number of hydrogen-bond donors (Lipinski definition) is 2. The Balaban J connectivity index is 1.83. The van der Waals surface area contributed by atoms with E-state index >= 15 is 0 Å². The molecule has 1 fully saturated rings. The summed E-state index contributed by atoms with van der Waals surface area (Å²) < 4.78 is 0. The lowest BCUT2D eigenvalue weighted by Crippen LogP contribution is -2.39. The number of nitrogens with one attached hydrogen (secondary N) is 1. The maximum absolute atomic E-state index is 12.0. The molecule has 0 bridgehead atoms. The second-order valence-electron chi connectivity index (χ2n) is 4.86. The summed E-state index contributed by atoms with van der Waals surface area (Å²) in [6.07, 6.45) is 2.86. The zero-order valence-electron chi connectivity index (χ0n) is 9.78. The van der Waals surface area contributed by atoms with Crippen molar-refractivity contribution >= 4 is 17.3 Å². The first-order valence-corrected chi connectivity index (χ1v) is 6.16. The molecule has 2 heterocycles. The van der Waals surface area contributed by atoms with Gasteiger partial charge in [-0.1, -0.05) is 0 Å². The molecule has 0 spiro atoms. The van der Waals surface area contributed by atoms with Gasteiger partial charge >= 0.3 is 0 Å². The summed E-state index contributed by atoms with van der Waals surface area (Å²) in [7, 11) is 0. The van der Waals surface area contributed by atoms with E-state index in [1.54, 1.807) is 0 Å². The van der Waals surface area contributed by atoms with Crippen LogP contribution in [-0.2, 0) is 11.2 Å². The molecule has 1 atom stereocenters. The number of hydrogen-bond acceptors (Lipinski definition) is 3. The molecule has 4 heteroatoms. The Morgan fingerprint density at radius 3 is 3.12 bits per heavy atom. The third-order valence-electron chi connectivity index (χ3n) is 3.60. The van der Waals surface area contributed by atoms with Crippen LogP contribution in [0.5, 0.6) is 0 Å². The Hall–Kier alpha value is -1.55. The zero-order chi connectivity index (χ0) is 11.8. The molecule has 0 aromatic heterocycles. The molecule has 1 amide bonds. The van der Waals surface area contributed by atoms with Crippen LogP contribution in [0.25, 0.3) is 0 Å². The van der Waals surface area contributed by atoms with Crippen LogP contribution < -0.4 is 16.0 Å². The first-order chi connectivity index (χ1) is 8.24. The van der Waals surface area contributed by atoms with E-state index in [4.69, 9.17) is 5.73 Å². The number of amides is 1. The Bertz CT molecular complexity index is 452. The van der Waals surface area contributed by atoms with Gasteiger partial charge in [-0.25, -0.2) is 0 Å².